The highest BCUT2D eigenvalue weighted by molar-refractivity contribution is 6.30. The zero-order chi connectivity index (χ0) is 20.4. The Balaban J connectivity index is 1.63. The fourth-order valence-electron chi connectivity index (χ4n) is 4.51. The number of amides is 1. The molecule has 0 radical (unpaired) electrons. The van der Waals surface area contributed by atoms with Crippen molar-refractivity contribution in [2.45, 2.75) is 37.6 Å². The van der Waals surface area contributed by atoms with Gasteiger partial charge in [-0.2, -0.15) is 0 Å². The third kappa shape index (κ3) is 3.76. The summed E-state index contributed by atoms with van der Waals surface area (Å²) in [6, 6.07) is 11.4. The van der Waals surface area contributed by atoms with Gasteiger partial charge in [0.25, 0.3) is 0 Å². The van der Waals surface area contributed by atoms with Crippen LogP contribution in [0.15, 0.2) is 36.4 Å². The monoisotopic (exact) mass is 415 g/mol. The number of rotatable bonds is 5. The summed E-state index contributed by atoms with van der Waals surface area (Å²) in [7, 11) is 3.48. The standard InChI is InChI=1S/C23H26ClNO4/c1-25(15-16-13-18(24)6-8-19(16)27-2)22(26)23(9-3-4-10-23)17-5-7-20-21(14-17)29-12-11-28-20/h5-8,13-14H,3-4,9-12,15H2,1-2H3. The number of fused-ring (bicyclic) bond motifs is 1. The Hall–Kier alpha value is -2.40. The molecular formula is C23H26ClNO4. The van der Waals surface area contributed by atoms with E-state index in [1.54, 1.807) is 18.1 Å². The van der Waals surface area contributed by atoms with Crippen LogP contribution < -0.4 is 14.2 Å². The van der Waals surface area contributed by atoms with Gasteiger partial charge in [-0.15, -0.1) is 0 Å². The van der Waals surface area contributed by atoms with Crippen LogP contribution >= 0.6 is 11.6 Å². The van der Waals surface area contributed by atoms with E-state index in [4.69, 9.17) is 25.8 Å². The van der Waals surface area contributed by atoms with E-state index in [-0.39, 0.29) is 5.91 Å². The molecule has 0 atom stereocenters. The van der Waals surface area contributed by atoms with Gasteiger partial charge < -0.3 is 19.1 Å². The quantitative estimate of drug-likeness (QED) is 0.716. The minimum atomic E-state index is -0.531. The molecule has 0 aromatic heterocycles. The Morgan fingerprint density at radius 2 is 1.83 bits per heavy atom. The molecule has 29 heavy (non-hydrogen) atoms. The topological polar surface area (TPSA) is 48.0 Å². The first-order valence-electron chi connectivity index (χ1n) is 10.0. The number of benzene rings is 2. The van der Waals surface area contributed by atoms with Crippen LogP contribution in [0.2, 0.25) is 5.02 Å². The molecule has 0 bridgehead atoms. The van der Waals surface area contributed by atoms with E-state index in [2.05, 4.69) is 0 Å². The van der Waals surface area contributed by atoms with Crippen LogP contribution in [0.4, 0.5) is 0 Å². The molecule has 5 nitrogen and oxygen atoms in total. The van der Waals surface area contributed by atoms with Crippen molar-refractivity contribution in [1.82, 2.24) is 4.90 Å². The van der Waals surface area contributed by atoms with E-state index in [0.29, 0.717) is 24.8 Å². The van der Waals surface area contributed by atoms with Crippen LogP contribution in [0.25, 0.3) is 0 Å². The van der Waals surface area contributed by atoms with E-state index >= 15 is 0 Å². The summed E-state index contributed by atoms with van der Waals surface area (Å²) in [6.07, 6.45) is 3.74. The van der Waals surface area contributed by atoms with Gasteiger partial charge in [-0.3, -0.25) is 4.79 Å². The Kier molecular flexibility index (Phi) is 5.59. The molecule has 6 heteroatoms. The van der Waals surface area contributed by atoms with Crippen LogP contribution in [-0.4, -0.2) is 38.2 Å². The largest absolute Gasteiger partial charge is 0.496 e. The lowest BCUT2D eigenvalue weighted by Gasteiger charge is -2.34. The van der Waals surface area contributed by atoms with E-state index in [0.717, 1.165) is 54.1 Å². The van der Waals surface area contributed by atoms with Crippen molar-refractivity contribution >= 4 is 17.5 Å². The number of carbonyl (C=O) groups excluding carboxylic acids is 1. The maximum Gasteiger partial charge on any atom is 0.233 e. The van der Waals surface area contributed by atoms with E-state index in [1.165, 1.54) is 0 Å². The van der Waals surface area contributed by atoms with E-state index in [9.17, 15) is 4.79 Å². The number of halogens is 1. The second-order valence-corrected chi connectivity index (χ2v) is 8.20. The number of ether oxygens (including phenoxy) is 3. The van der Waals surface area contributed by atoms with Gasteiger partial charge in [0.15, 0.2) is 11.5 Å². The summed E-state index contributed by atoms with van der Waals surface area (Å²) in [4.78, 5) is 15.5. The molecule has 0 N–H and O–H groups in total. The number of carbonyl (C=O) groups is 1. The molecule has 154 valence electrons. The van der Waals surface area contributed by atoms with Gasteiger partial charge in [-0.05, 0) is 48.7 Å². The van der Waals surface area contributed by atoms with Crippen molar-refractivity contribution in [2.24, 2.45) is 0 Å². The number of methoxy groups -OCH3 is 1. The summed E-state index contributed by atoms with van der Waals surface area (Å²) in [6.45, 7) is 1.53. The molecular weight excluding hydrogens is 390 g/mol. The number of likely N-dealkylation sites (N-methyl/N-ethyl adjacent to an activating group) is 1. The summed E-state index contributed by atoms with van der Waals surface area (Å²) in [5.41, 5.74) is 1.37. The molecule has 1 amide bonds. The highest BCUT2D eigenvalue weighted by Crippen LogP contribution is 2.45. The van der Waals surface area contributed by atoms with Crippen molar-refractivity contribution < 1.29 is 19.0 Å². The molecule has 1 aliphatic heterocycles. The van der Waals surface area contributed by atoms with Gasteiger partial charge in [-0.25, -0.2) is 0 Å². The molecule has 0 unspecified atom stereocenters. The van der Waals surface area contributed by atoms with Gasteiger partial charge >= 0.3 is 0 Å². The van der Waals surface area contributed by atoms with Gasteiger partial charge in [0.2, 0.25) is 5.91 Å². The molecule has 1 aliphatic carbocycles. The lowest BCUT2D eigenvalue weighted by Crippen LogP contribution is -2.43. The first kappa shape index (κ1) is 19.9. The van der Waals surface area contributed by atoms with Gasteiger partial charge in [-0.1, -0.05) is 30.5 Å². The summed E-state index contributed by atoms with van der Waals surface area (Å²) in [5.74, 6) is 2.33. The van der Waals surface area contributed by atoms with Crippen molar-refractivity contribution in [3.8, 4) is 17.2 Å². The van der Waals surface area contributed by atoms with Crippen molar-refractivity contribution in [3.63, 3.8) is 0 Å². The molecule has 2 aromatic rings. The first-order chi connectivity index (χ1) is 14.0. The van der Waals surface area contributed by atoms with Crippen molar-refractivity contribution in [3.05, 3.63) is 52.5 Å². The zero-order valence-corrected chi connectivity index (χ0v) is 17.6. The fourth-order valence-corrected chi connectivity index (χ4v) is 4.70. The Morgan fingerprint density at radius 1 is 1.10 bits per heavy atom. The molecule has 2 aromatic carbocycles. The Bertz CT molecular complexity index is 908. The summed E-state index contributed by atoms with van der Waals surface area (Å²) in [5, 5.41) is 0.629. The van der Waals surface area contributed by atoms with Crippen molar-refractivity contribution in [2.75, 3.05) is 27.4 Å². The lowest BCUT2D eigenvalue weighted by atomic mass is 9.77. The minimum absolute atomic E-state index is 0.119. The van der Waals surface area contributed by atoms with E-state index in [1.807, 2.05) is 37.4 Å². The smallest absolute Gasteiger partial charge is 0.233 e. The molecule has 4 rings (SSSR count). The van der Waals surface area contributed by atoms with Gasteiger partial charge in [0, 0.05) is 24.2 Å². The first-order valence-corrected chi connectivity index (χ1v) is 10.4. The SMILES string of the molecule is COc1ccc(Cl)cc1CN(C)C(=O)C1(c2ccc3c(c2)OCCO3)CCCC1. The van der Waals surface area contributed by atoms with E-state index < -0.39 is 5.41 Å². The molecule has 1 heterocycles. The van der Waals surface area contributed by atoms with Crippen LogP contribution in [-0.2, 0) is 16.8 Å². The van der Waals surface area contributed by atoms with Crippen LogP contribution in [0.1, 0.15) is 36.8 Å². The zero-order valence-electron chi connectivity index (χ0n) is 16.9. The average Bonchev–Trinajstić information content (AvgIpc) is 3.24. The molecule has 0 saturated heterocycles. The molecule has 0 spiro atoms. The predicted molar refractivity (Wildman–Crippen MR) is 112 cm³/mol. The van der Waals surface area contributed by atoms with Crippen LogP contribution in [0.5, 0.6) is 17.2 Å². The third-order valence-electron chi connectivity index (χ3n) is 5.96. The van der Waals surface area contributed by atoms with Crippen LogP contribution in [0.3, 0.4) is 0 Å². The predicted octanol–water partition coefficient (Wildman–Crippen LogP) is 4.59. The van der Waals surface area contributed by atoms with Gasteiger partial charge in [0.1, 0.15) is 19.0 Å². The number of hydrogen-bond donors (Lipinski definition) is 0. The maximum absolute atomic E-state index is 13.7. The second-order valence-electron chi connectivity index (χ2n) is 7.77. The maximum atomic E-state index is 13.7. The van der Waals surface area contributed by atoms with Gasteiger partial charge in [0.05, 0.1) is 12.5 Å². The highest BCUT2D eigenvalue weighted by Gasteiger charge is 2.44. The normalized spacial score (nSPS) is 17.1. The number of nitrogens with zero attached hydrogens (tertiary/aromatic N) is 1. The molecule has 1 saturated carbocycles. The van der Waals surface area contributed by atoms with Crippen molar-refractivity contribution in [1.29, 1.82) is 0 Å². The van der Waals surface area contributed by atoms with Crippen LogP contribution in [0, 0.1) is 0 Å². The highest BCUT2D eigenvalue weighted by atomic mass is 35.5. The third-order valence-corrected chi connectivity index (χ3v) is 6.19. The summed E-state index contributed by atoms with van der Waals surface area (Å²) < 4.78 is 16.9. The number of hydrogen-bond acceptors (Lipinski definition) is 4. The fraction of sp³-hybridized carbons (Fsp3) is 0.435. The summed E-state index contributed by atoms with van der Waals surface area (Å²) >= 11 is 6.17. The molecule has 2 aliphatic rings. The Morgan fingerprint density at radius 3 is 2.55 bits per heavy atom. The lowest BCUT2D eigenvalue weighted by molar-refractivity contribution is -0.136. The average molecular weight is 416 g/mol. The minimum Gasteiger partial charge on any atom is -0.496 e. The Labute approximate surface area is 176 Å². The second kappa shape index (κ2) is 8.15. The molecule has 1 fully saturated rings.